The number of hydrogen-bond acceptors (Lipinski definition) is 7. The van der Waals surface area contributed by atoms with Crippen LogP contribution >= 0.6 is 11.3 Å². The van der Waals surface area contributed by atoms with Crippen LogP contribution in [0.4, 0.5) is 5.00 Å². The number of rotatable bonds is 8. The van der Waals surface area contributed by atoms with Gasteiger partial charge in [0.05, 0.1) is 17.6 Å². The van der Waals surface area contributed by atoms with E-state index in [1.54, 1.807) is 13.0 Å². The van der Waals surface area contributed by atoms with Crippen LogP contribution in [0.5, 0.6) is 0 Å². The van der Waals surface area contributed by atoms with Crippen LogP contribution in [0, 0.1) is 17.3 Å². The van der Waals surface area contributed by atoms with E-state index in [1.165, 1.54) is 18.3 Å². The summed E-state index contributed by atoms with van der Waals surface area (Å²) in [7, 11) is 0. The number of esters is 2. The average molecular weight is 477 g/mol. The Labute approximate surface area is 197 Å². The van der Waals surface area contributed by atoms with Crippen molar-refractivity contribution in [2.45, 2.75) is 71.3 Å². The van der Waals surface area contributed by atoms with E-state index in [2.05, 4.69) is 10.6 Å². The minimum Gasteiger partial charge on any atom is -0.462 e. The Kier molecular flexibility index (Phi) is 6.53. The van der Waals surface area contributed by atoms with Crippen LogP contribution in [0.3, 0.4) is 0 Å². The molecule has 9 heteroatoms. The second kappa shape index (κ2) is 9.08. The number of ether oxygens (including phenoxy) is 2. The highest BCUT2D eigenvalue weighted by Gasteiger charge is 2.61. The molecule has 0 radical (unpaired) electrons. The summed E-state index contributed by atoms with van der Waals surface area (Å²) in [6, 6.07) is 1.72. The number of anilines is 1. The largest absolute Gasteiger partial charge is 0.462 e. The lowest BCUT2D eigenvalue weighted by Crippen LogP contribution is -2.64. The van der Waals surface area contributed by atoms with Gasteiger partial charge in [-0.25, -0.2) is 4.79 Å². The molecule has 4 saturated carbocycles. The Bertz CT molecular complexity index is 956. The van der Waals surface area contributed by atoms with Crippen molar-refractivity contribution in [2.75, 3.05) is 18.5 Å². The third kappa shape index (κ3) is 4.78. The van der Waals surface area contributed by atoms with Crippen LogP contribution in [-0.4, -0.2) is 42.5 Å². The molecular weight excluding hydrogens is 444 g/mol. The molecule has 1 heterocycles. The summed E-state index contributed by atoms with van der Waals surface area (Å²) >= 11 is 1.32. The molecule has 0 aromatic carbocycles. The normalized spacial score (nSPS) is 29.4. The summed E-state index contributed by atoms with van der Waals surface area (Å²) in [4.78, 5) is 50.8. The van der Waals surface area contributed by atoms with E-state index in [1.807, 2.05) is 6.92 Å². The van der Waals surface area contributed by atoms with E-state index in [0.29, 0.717) is 28.8 Å². The fourth-order valence-electron chi connectivity index (χ4n) is 6.54. The first-order chi connectivity index (χ1) is 15.7. The van der Waals surface area contributed by atoms with Crippen molar-refractivity contribution in [1.82, 2.24) is 5.32 Å². The van der Waals surface area contributed by atoms with Crippen LogP contribution in [0.1, 0.15) is 74.5 Å². The van der Waals surface area contributed by atoms with Crippen LogP contribution in [0.2, 0.25) is 0 Å². The van der Waals surface area contributed by atoms with Crippen LogP contribution in [0.25, 0.3) is 0 Å². The molecule has 4 aliphatic carbocycles. The van der Waals surface area contributed by atoms with Gasteiger partial charge in [0.1, 0.15) is 5.00 Å². The van der Waals surface area contributed by atoms with Gasteiger partial charge in [0.25, 0.3) is 5.91 Å². The van der Waals surface area contributed by atoms with Crippen LogP contribution in [-0.2, 0) is 30.3 Å². The van der Waals surface area contributed by atoms with Crippen molar-refractivity contribution < 1.29 is 28.7 Å². The molecule has 1 aromatic heterocycles. The minimum atomic E-state index is -0.638. The lowest BCUT2D eigenvalue weighted by molar-refractivity contribution is -0.176. The fourth-order valence-corrected chi connectivity index (χ4v) is 7.54. The van der Waals surface area contributed by atoms with Gasteiger partial charge in [0, 0.05) is 17.3 Å². The molecule has 33 heavy (non-hydrogen) atoms. The highest BCUT2D eigenvalue weighted by Crippen LogP contribution is 2.62. The van der Waals surface area contributed by atoms with Gasteiger partial charge >= 0.3 is 11.9 Å². The third-order valence-electron chi connectivity index (χ3n) is 7.15. The second-order valence-electron chi connectivity index (χ2n) is 9.86. The first-order valence-corrected chi connectivity index (χ1v) is 12.5. The highest BCUT2D eigenvalue weighted by atomic mass is 32.1. The predicted molar refractivity (Wildman–Crippen MR) is 123 cm³/mol. The summed E-state index contributed by atoms with van der Waals surface area (Å²) in [6.45, 7) is 5.04. The van der Waals surface area contributed by atoms with Gasteiger partial charge in [0.2, 0.25) is 5.91 Å². The number of amides is 2. The maximum atomic E-state index is 13.2. The van der Waals surface area contributed by atoms with Crippen LogP contribution in [0.15, 0.2) is 6.07 Å². The zero-order valence-electron chi connectivity index (χ0n) is 19.5. The van der Waals surface area contributed by atoms with E-state index in [4.69, 9.17) is 9.47 Å². The zero-order chi connectivity index (χ0) is 23.8. The Morgan fingerprint density at radius 3 is 2.39 bits per heavy atom. The Hall–Kier alpha value is -2.42. The minimum absolute atomic E-state index is 0.0698. The Morgan fingerprint density at radius 2 is 1.79 bits per heavy atom. The van der Waals surface area contributed by atoms with Gasteiger partial charge in [-0.05, 0) is 69.8 Å². The smallest absolute Gasteiger partial charge is 0.341 e. The van der Waals surface area contributed by atoms with Crippen molar-refractivity contribution in [3.63, 3.8) is 0 Å². The maximum absolute atomic E-state index is 13.2. The lowest BCUT2D eigenvalue weighted by Gasteiger charge is -2.60. The molecule has 2 atom stereocenters. The summed E-state index contributed by atoms with van der Waals surface area (Å²) in [5.41, 5.74) is -0.655. The van der Waals surface area contributed by atoms with Gasteiger partial charge in [0.15, 0.2) is 6.61 Å². The molecule has 4 fully saturated rings. The Balaban J connectivity index is 1.40. The number of thiophene rings is 1. The maximum Gasteiger partial charge on any atom is 0.341 e. The monoisotopic (exact) mass is 476 g/mol. The molecule has 0 spiro atoms. The molecule has 2 amide bonds. The zero-order valence-corrected chi connectivity index (χ0v) is 20.3. The van der Waals surface area contributed by atoms with E-state index >= 15 is 0 Å². The lowest BCUT2D eigenvalue weighted by atomic mass is 9.47. The summed E-state index contributed by atoms with van der Waals surface area (Å²) < 4.78 is 10.6. The summed E-state index contributed by atoms with van der Waals surface area (Å²) in [5.74, 6) is -0.611. The molecular formula is C24H32N2O6S. The van der Waals surface area contributed by atoms with E-state index in [9.17, 15) is 19.2 Å². The van der Waals surface area contributed by atoms with Crippen molar-refractivity contribution in [1.29, 1.82) is 0 Å². The Morgan fingerprint density at radius 1 is 1.09 bits per heavy atom. The molecule has 2 N–H and O–H groups in total. The number of hydrogen-bond donors (Lipinski definition) is 2. The summed E-state index contributed by atoms with van der Waals surface area (Å²) in [5, 5.41) is 6.25. The van der Waals surface area contributed by atoms with Gasteiger partial charge in [-0.1, -0.05) is 6.92 Å². The van der Waals surface area contributed by atoms with E-state index in [0.717, 1.165) is 43.4 Å². The molecule has 5 rings (SSSR count). The first kappa shape index (κ1) is 23.7. The standard InChI is InChI=1S/C24H32N2O6S/c1-4-17-7-18(21(29)31-5-2)20(33-17)25-19(28)12-32-22(30)23-8-15-6-16(9-23)11-24(10-15,13-23)26-14(3)27/h7,15-16H,4-6,8-13H2,1-3H3,(H,25,28)(H,26,27). The number of carbonyl (C=O) groups is 4. The number of carbonyl (C=O) groups excluding carboxylic acids is 4. The predicted octanol–water partition coefficient (Wildman–Crippen LogP) is 3.44. The first-order valence-electron chi connectivity index (χ1n) is 11.7. The van der Waals surface area contributed by atoms with Gasteiger partial charge in [-0.15, -0.1) is 11.3 Å². The van der Waals surface area contributed by atoms with E-state index in [-0.39, 0.29) is 24.0 Å². The quantitative estimate of drug-likeness (QED) is 0.556. The topological polar surface area (TPSA) is 111 Å². The van der Waals surface area contributed by atoms with Crippen molar-refractivity contribution in [2.24, 2.45) is 17.3 Å². The second-order valence-corrected chi connectivity index (χ2v) is 11.0. The molecule has 4 bridgehead atoms. The molecule has 1 aromatic rings. The van der Waals surface area contributed by atoms with Crippen LogP contribution < -0.4 is 10.6 Å². The fraction of sp³-hybridized carbons (Fsp3) is 0.667. The van der Waals surface area contributed by atoms with E-state index < -0.39 is 23.9 Å². The third-order valence-corrected chi connectivity index (χ3v) is 8.34. The molecule has 180 valence electrons. The van der Waals surface area contributed by atoms with Crippen molar-refractivity contribution in [3.8, 4) is 0 Å². The average Bonchev–Trinajstić information content (AvgIpc) is 3.13. The molecule has 0 aliphatic heterocycles. The molecule has 2 unspecified atom stereocenters. The van der Waals surface area contributed by atoms with Crippen molar-refractivity contribution in [3.05, 3.63) is 16.5 Å². The number of aryl methyl sites for hydroxylation is 1. The van der Waals surface area contributed by atoms with Gasteiger partial charge in [-0.3, -0.25) is 14.4 Å². The summed E-state index contributed by atoms with van der Waals surface area (Å²) in [6.07, 6.45) is 5.71. The molecule has 8 nitrogen and oxygen atoms in total. The molecule has 0 saturated heterocycles. The highest BCUT2D eigenvalue weighted by molar-refractivity contribution is 7.16. The van der Waals surface area contributed by atoms with Gasteiger partial charge < -0.3 is 20.1 Å². The van der Waals surface area contributed by atoms with Gasteiger partial charge in [-0.2, -0.15) is 0 Å². The number of nitrogens with one attached hydrogen (secondary N) is 2. The molecule has 4 aliphatic rings. The van der Waals surface area contributed by atoms with Crippen molar-refractivity contribution >= 4 is 40.1 Å². The SMILES string of the molecule is CCOC(=O)c1cc(CC)sc1NC(=O)COC(=O)C12CC3CC(CC(NC(C)=O)(C3)C1)C2.